The standard InChI is InChI=1S/C21H22N4O/c26-21-24-20-19(25(21)13-14-4-2-1-3-5-14)11-17(12-23-20)15-6-7-18-16(10-15)8-9-22-18/h6-12,14,22H,1-5,13H2,(H,23,24,26). The van der Waals surface area contributed by atoms with Crippen LogP contribution in [0.2, 0.25) is 0 Å². The fourth-order valence-electron chi connectivity index (χ4n) is 4.23. The van der Waals surface area contributed by atoms with E-state index < -0.39 is 0 Å². The Bertz CT molecular complexity index is 1130. The molecule has 0 aliphatic heterocycles. The Hall–Kier alpha value is -2.82. The van der Waals surface area contributed by atoms with Crippen molar-refractivity contribution in [1.29, 1.82) is 0 Å². The third-order valence-electron chi connectivity index (χ3n) is 5.68. The van der Waals surface area contributed by atoms with Crippen molar-refractivity contribution in [2.75, 3.05) is 0 Å². The first-order valence-corrected chi connectivity index (χ1v) is 9.44. The summed E-state index contributed by atoms with van der Waals surface area (Å²) < 4.78 is 1.89. The molecule has 2 N–H and O–H groups in total. The molecule has 1 aliphatic carbocycles. The highest BCUT2D eigenvalue weighted by Crippen LogP contribution is 2.28. The van der Waals surface area contributed by atoms with E-state index in [1.165, 1.54) is 37.5 Å². The van der Waals surface area contributed by atoms with Gasteiger partial charge >= 0.3 is 5.69 Å². The van der Waals surface area contributed by atoms with E-state index in [1.54, 1.807) is 0 Å². The lowest BCUT2D eigenvalue weighted by molar-refractivity contribution is 0.319. The van der Waals surface area contributed by atoms with E-state index >= 15 is 0 Å². The molecule has 26 heavy (non-hydrogen) atoms. The first-order chi connectivity index (χ1) is 12.8. The van der Waals surface area contributed by atoms with Gasteiger partial charge in [0.05, 0.1) is 5.52 Å². The van der Waals surface area contributed by atoms with Gasteiger partial charge in [-0.1, -0.05) is 25.3 Å². The Morgan fingerprint density at radius 2 is 1.96 bits per heavy atom. The van der Waals surface area contributed by atoms with E-state index in [2.05, 4.69) is 45.3 Å². The number of rotatable bonds is 3. The molecule has 5 heteroatoms. The second kappa shape index (κ2) is 6.16. The van der Waals surface area contributed by atoms with Gasteiger partial charge in [0.2, 0.25) is 0 Å². The van der Waals surface area contributed by atoms with Crippen LogP contribution in [-0.4, -0.2) is 19.5 Å². The Morgan fingerprint density at radius 3 is 2.85 bits per heavy atom. The van der Waals surface area contributed by atoms with E-state index in [0.717, 1.165) is 28.7 Å². The van der Waals surface area contributed by atoms with Gasteiger partial charge in [-0.15, -0.1) is 0 Å². The minimum atomic E-state index is -0.0451. The van der Waals surface area contributed by atoms with Gasteiger partial charge in [-0.05, 0) is 54.0 Å². The number of pyridine rings is 1. The molecule has 1 aliphatic rings. The second-order valence-electron chi connectivity index (χ2n) is 7.42. The van der Waals surface area contributed by atoms with Crippen LogP contribution in [0.3, 0.4) is 0 Å². The lowest BCUT2D eigenvalue weighted by Gasteiger charge is -2.21. The van der Waals surface area contributed by atoms with E-state index in [4.69, 9.17) is 0 Å². The number of imidazole rings is 1. The van der Waals surface area contributed by atoms with Crippen molar-refractivity contribution in [3.8, 4) is 11.1 Å². The molecule has 1 fully saturated rings. The quantitative estimate of drug-likeness (QED) is 0.575. The molecule has 0 atom stereocenters. The number of benzene rings is 1. The van der Waals surface area contributed by atoms with Gasteiger partial charge in [0.15, 0.2) is 5.65 Å². The summed E-state index contributed by atoms with van der Waals surface area (Å²) in [5, 5.41) is 1.18. The molecule has 0 radical (unpaired) electrons. The molecule has 0 bridgehead atoms. The Labute approximate surface area is 151 Å². The maximum absolute atomic E-state index is 12.5. The predicted molar refractivity (Wildman–Crippen MR) is 104 cm³/mol. The highest BCUT2D eigenvalue weighted by molar-refractivity contribution is 5.86. The molecule has 0 unspecified atom stereocenters. The number of hydrogen-bond acceptors (Lipinski definition) is 2. The second-order valence-corrected chi connectivity index (χ2v) is 7.42. The number of hydrogen-bond donors (Lipinski definition) is 2. The highest BCUT2D eigenvalue weighted by atomic mass is 16.1. The summed E-state index contributed by atoms with van der Waals surface area (Å²) in [6.45, 7) is 0.792. The molecular weight excluding hydrogens is 324 g/mol. The third-order valence-corrected chi connectivity index (χ3v) is 5.68. The maximum Gasteiger partial charge on any atom is 0.327 e. The van der Waals surface area contributed by atoms with E-state index in [1.807, 2.05) is 17.0 Å². The third kappa shape index (κ3) is 2.64. The molecular formula is C21H22N4O. The Balaban J connectivity index is 1.57. The summed E-state index contributed by atoms with van der Waals surface area (Å²) in [6, 6.07) is 10.5. The average Bonchev–Trinajstić information content (AvgIpc) is 3.26. The smallest absolute Gasteiger partial charge is 0.327 e. The van der Waals surface area contributed by atoms with Crippen LogP contribution in [0.15, 0.2) is 47.5 Å². The zero-order valence-corrected chi connectivity index (χ0v) is 14.7. The van der Waals surface area contributed by atoms with Crippen LogP contribution in [0.1, 0.15) is 32.1 Å². The van der Waals surface area contributed by atoms with Crippen LogP contribution in [0, 0.1) is 5.92 Å². The first-order valence-electron chi connectivity index (χ1n) is 9.44. The van der Waals surface area contributed by atoms with Gasteiger partial charge in [0.25, 0.3) is 0 Å². The summed E-state index contributed by atoms with van der Waals surface area (Å²) in [5.74, 6) is 0.598. The fourth-order valence-corrected chi connectivity index (χ4v) is 4.23. The normalized spacial score (nSPS) is 15.8. The van der Waals surface area contributed by atoms with Crippen LogP contribution >= 0.6 is 0 Å². The van der Waals surface area contributed by atoms with Crippen molar-refractivity contribution in [2.45, 2.75) is 38.6 Å². The van der Waals surface area contributed by atoms with Crippen molar-refractivity contribution < 1.29 is 0 Å². The van der Waals surface area contributed by atoms with Crippen LogP contribution in [0.5, 0.6) is 0 Å². The molecule has 3 aromatic heterocycles. The van der Waals surface area contributed by atoms with Crippen LogP contribution in [0.4, 0.5) is 0 Å². The minimum absolute atomic E-state index is 0.0451. The molecule has 0 saturated heterocycles. The van der Waals surface area contributed by atoms with Crippen molar-refractivity contribution in [1.82, 2.24) is 19.5 Å². The molecule has 5 rings (SSSR count). The van der Waals surface area contributed by atoms with E-state index in [-0.39, 0.29) is 5.69 Å². The SMILES string of the molecule is O=c1[nH]c2ncc(-c3ccc4[nH]ccc4c3)cc2n1CC1CCCCC1. The summed E-state index contributed by atoms with van der Waals surface area (Å²) in [5.41, 5.74) is 4.82. The summed E-state index contributed by atoms with van der Waals surface area (Å²) in [7, 11) is 0. The first kappa shape index (κ1) is 15.4. The van der Waals surface area contributed by atoms with Crippen LogP contribution < -0.4 is 5.69 Å². The number of nitrogens with zero attached hydrogens (tertiary/aromatic N) is 2. The predicted octanol–water partition coefficient (Wildman–Crippen LogP) is 4.45. The highest BCUT2D eigenvalue weighted by Gasteiger charge is 2.17. The van der Waals surface area contributed by atoms with Gasteiger partial charge in [-0.3, -0.25) is 9.55 Å². The molecule has 132 valence electrons. The van der Waals surface area contributed by atoms with E-state index in [0.29, 0.717) is 11.6 Å². The minimum Gasteiger partial charge on any atom is -0.361 e. The van der Waals surface area contributed by atoms with Gasteiger partial charge in [0.1, 0.15) is 0 Å². The van der Waals surface area contributed by atoms with Crippen molar-refractivity contribution in [3.63, 3.8) is 0 Å². The number of aromatic nitrogens is 4. The maximum atomic E-state index is 12.5. The van der Waals surface area contributed by atoms with Gasteiger partial charge in [0, 0.05) is 30.0 Å². The molecule has 3 heterocycles. The molecule has 0 amide bonds. The van der Waals surface area contributed by atoms with Gasteiger partial charge in [-0.25, -0.2) is 9.78 Å². The molecule has 1 saturated carbocycles. The van der Waals surface area contributed by atoms with Crippen molar-refractivity contribution >= 4 is 22.1 Å². The lowest BCUT2D eigenvalue weighted by Crippen LogP contribution is -2.23. The zero-order chi connectivity index (χ0) is 17.5. The number of aromatic amines is 2. The molecule has 1 aromatic carbocycles. The topological polar surface area (TPSA) is 66.5 Å². The molecule has 0 spiro atoms. The Kier molecular flexibility index (Phi) is 3.66. The van der Waals surface area contributed by atoms with E-state index in [9.17, 15) is 4.79 Å². The van der Waals surface area contributed by atoms with Gasteiger partial charge in [-0.2, -0.15) is 0 Å². The van der Waals surface area contributed by atoms with Crippen molar-refractivity contribution in [2.24, 2.45) is 5.92 Å². The molecule has 4 aromatic rings. The van der Waals surface area contributed by atoms with Crippen molar-refractivity contribution in [3.05, 3.63) is 53.2 Å². The summed E-state index contributed by atoms with van der Waals surface area (Å²) >= 11 is 0. The number of nitrogens with one attached hydrogen (secondary N) is 2. The average molecular weight is 346 g/mol. The summed E-state index contributed by atoms with van der Waals surface area (Å²) in [4.78, 5) is 23.1. The fraction of sp³-hybridized carbons (Fsp3) is 0.333. The number of H-pyrrole nitrogens is 2. The number of fused-ring (bicyclic) bond motifs is 2. The van der Waals surface area contributed by atoms with Crippen LogP contribution in [0.25, 0.3) is 33.2 Å². The van der Waals surface area contributed by atoms with Crippen LogP contribution in [-0.2, 0) is 6.54 Å². The Morgan fingerprint density at radius 1 is 1.08 bits per heavy atom. The largest absolute Gasteiger partial charge is 0.361 e. The molecule has 5 nitrogen and oxygen atoms in total. The summed E-state index contributed by atoms with van der Waals surface area (Å²) in [6.07, 6.45) is 10.1. The lowest BCUT2D eigenvalue weighted by atomic mass is 9.89. The van der Waals surface area contributed by atoms with Gasteiger partial charge < -0.3 is 4.98 Å². The zero-order valence-electron chi connectivity index (χ0n) is 14.7. The monoisotopic (exact) mass is 346 g/mol.